The molecular formula is C15H25N5O. The Morgan fingerprint density at radius 2 is 1.95 bits per heavy atom. The van der Waals surface area contributed by atoms with Crippen molar-refractivity contribution in [3.8, 4) is 0 Å². The first-order valence-corrected chi connectivity index (χ1v) is 7.67. The number of piperazine rings is 1. The zero-order valence-electron chi connectivity index (χ0n) is 13.2. The first-order chi connectivity index (χ1) is 10.1. The number of nitrogens with one attached hydrogen (secondary N) is 1. The number of carbonyl (C=O) groups excluding carboxylic acids is 1. The van der Waals surface area contributed by atoms with Gasteiger partial charge in [-0.1, -0.05) is 13.8 Å². The molecule has 0 spiro atoms. The summed E-state index contributed by atoms with van der Waals surface area (Å²) < 4.78 is 0. The summed E-state index contributed by atoms with van der Waals surface area (Å²) in [6, 6.07) is 0. The number of rotatable bonds is 5. The number of aromatic nitrogens is 2. The number of hydrogen-bond donors (Lipinski definition) is 1. The Bertz CT molecular complexity index is 452. The molecule has 1 aromatic heterocycles. The highest BCUT2D eigenvalue weighted by Crippen LogP contribution is 2.13. The molecule has 2 heterocycles. The first kappa shape index (κ1) is 15.7. The van der Waals surface area contributed by atoms with Crippen molar-refractivity contribution in [1.82, 2.24) is 20.2 Å². The fourth-order valence-corrected chi connectivity index (χ4v) is 2.53. The molecule has 0 aromatic carbocycles. The Morgan fingerprint density at radius 3 is 2.48 bits per heavy atom. The van der Waals surface area contributed by atoms with Gasteiger partial charge in [-0.25, -0.2) is 9.97 Å². The predicted molar refractivity (Wildman–Crippen MR) is 83.5 cm³/mol. The van der Waals surface area contributed by atoms with Crippen LogP contribution in [0.15, 0.2) is 12.4 Å². The molecule has 21 heavy (non-hydrogen) atoms. The fraction of sp³-hybridized carbons (Fsp3) is 0.667. The van der Waals surface area contributed by atoms with Gasteiger partial charge < -0.3 is 10.2 Å². The summed E-state index contributed by atoms with van der Waals surface area (Å²) in [4.78, 5) is 24.9. The van der Waals surface area contributed by atoms with Gasteiger partial charge in [0.15, 0.2) is 0 Å². The minimum atomic E-state index is -0.168. The first-order valence-electron chi connectivity index (χ1n) is 7.67. The highest BCUT2D eigenvalue weighted by atomic mass is 16.1. The summed E-state index contributed by atoms with van der Waals surface area (Å²) in [6.07, 6.45) is 3.25. The number of nitrogens with zero attached hydrogens (tertiary/aromatic N) is 4. The molecule has 1 saturated heterocycles. The van der Waals surface area contributed by atoms with E-state index in [4.69, 9.17) is 0 Å². The van der Waals surface area contributed by atoms with Crippen LogP contribution >= 0.6 is 0 Å². The smallest absolute Gasteiger partial charge is 0.271 e. The maximum atomic E-state index is 11.6. The molecule has 2 rings (SSSR count). The molecular weight excluding hydrogens is 266 g/mol. The summed E-state index contributed by atoms with van der Waals surface area (Å²) >= 11 is 0. The van der Waals surface area contributed by atoms with E-state index in [1.807, 2.05) is 6.92 Å². The van der Waals surface area contributed by atoms with Crippen LogP contribution in [0.4, 0.5) is 5.82 Å². The van der Waals surface area contributed by atoms with Gasteiger partial charge in [0.05, 0.1) is 12.4 Å². The van der Waals surface area contributed by atoms with Crippen LogP contribution in [0.5, 0.6) is 0 Å². The second kappa shape index (κ2) is 7.36. The summed E-state index contributed by atoms with van der Waals surface area (Å²) in [7, 11) is 0. The Labute approximate surface area is 126 Å². The summed E-state index contributed by atoms with van der Waals surface area (Å²) in [5.74, 6) is 1.39. The summed E-state index contributed by atoms with van der Waals surface area (Å²) in [6.45, 7) is 12.2. The van der Waals surface area contributed by atoms with Crippen LogP contribution in [-0.2, 0) is 0 Å². The molecule has 1 amide bonds. The number of amides is 1. The van der Waals surface area contributed by atoms with Crippen molar-refractivity contribution >= 4 is 11.7 Å². The molecule has 0 aliphatic carbocycles. The Kier molecular flexibility index (Phi) is 5.50. The van der Waals surface area contributed by atoms with Crippen molar-refractivity contribution in [1.29, 1.82) is 0 Å². The molecule has 1 aromatic rings. The van der Waals surface area contributed by atoms with E-state index in [1.165, 1.54) is 0 Å². The van der Waals surface area contributed by atoms with Crippen molar-refractivity contribution in [2.24, 2.45) is 5.92 Å². The van der Waals surface area contributed by atoms with Gasteiger partial charge in [-0.15, -0.1) is 0 Å². The average molecular weight is 291 g/mol. The van der Waals surface area contributed by atoms with Crippen LogP contribution in [0.2, 0.25) is 0 Å². The Hall–Kier alpha value is -1.69. The van der Waals surface area contributed by atoms with Crippen LogP contribution in [0.25, 0.3) is 0 Å². The van der Waals surface area contributed by atoms with Gasteiger partial charge in [0.25, 0.3) is 5.91 Å². The number of anilines is 1. The quantitative estimate of drug-likeness (QED) is 0.877. The largest absolute Gasteiger partial charge is 0.353 e. The molecule has 0 saturated carbocycles. The van der Waals surface area contributed by atoms with Gasteiger partial charge >= 0.3 is 0 Å². The summed E-state index contributed by atoms with van der Waals surface area (Å²) in [5, 5.41) is 2.72. The number of hydrogen-bond acceptors (Lipinski definition) is 5. The van der Waals surface area contributed by atoms with Gasteiger partial charge in [-0.05, 0) is 12.8 Å². The van der Waals surface area contributed by atoms with Gasteiger partial charge in [0.2, 0.25) is 0 Å². The van der Waals surface area contributed by atoms with Crippen molar-refractivity contribution in [2.75, 3.05) is 44.2 Å². The molecule has 6 nitrogen and oxygen atoms in total. The van der Waals surface area contributed by atoms with Crippen LogP contribution in [0, 0.1) is 5.92 Å². The monoisotopic (exact) mass is 291 g/mol. The minimum absolute atomic E-state index is 0.168. The van der Waals surface area contributed by atoms with Crippen molar-refractivity contribution < 1.29 is 4.79 Å². The minimum Gasteiger partial charge on any atom is -0.353 e. The van der Waals surface area contributed by atoms with Crippen LogP contribution in [-0.4, -0.2) is 60.0 Å². The molecule has 116 valence electrons. The normalized spacial score (nSPS) is 16.3. The van der Waals surface area contributed by atoms with Gasteiger partial charge in [0, 0.05) is 39.3 Å². The van der Waals surface area contributed by atoms with Crippen molar-refractivity contribution in [3.05, 3.63) is 18.1 Å². The molecule has 0 bridgehead atoms. The third-order valence-electron chi connectivity index (χ3n) is 3.53. The molecule has 1 N–H and O–H groups in total. The highest BCUT2D eigenvalue weighted by molar-refractivity contribution is 5.91. The lowest BCUT2D eigenvalue weighted by atomic mass is 10.2. The maximum absolute atomic E-state index is 11.6. The highest BCUT2D eigenvalue weighted by Gasteiger charge is 2.19. The standard InChI is InChI=1S/C15H25N5O/c1-4-16-15(21)13-9-18-14(10-17-13)20-7-5-19(6-8-20)11-12(2)3/h9-10,12H,4-8,11H2,1-3H3,(H,16,21). The van der Waals surface area contributed by atoms with Crippen LogP contribution in [0.3, 0.4) is 0 Å². The third-order valence-corrected chi connectivity index (χ3v) is 3.53. The fourth-order valence-electron chi connectivity index (χ4n) is 2.53. The van der Waals surface area contributed by atoms with Gasteiger partial charge in [-0.3, -0.25) is 9.69 Å². The lowest BCUT2D eigenvalue weighted by Crippen LogP contribution is -2.47. The van der Waals surface area contributed by atoms with E-state index < -0.39 is 0 Å². The molecule has 6 heteroatoms. The van der Waals surface area contributed by atoms with Crippen LogP contribution in [0.1, 0.15) is 31.3 Å². The predicted octanol–water partition coefficient (Wildman–Crippen LogP) is 1.00. The topological polar surface area (TPSA) is 61.4 Å². The van der Waals surface area contributed by atoms with E-state index in [-0.39, 0.29) is 5.91 Å². The zero-order chi connectivity index (χ0) is 15.2. The van der Waals surface area contributed by atoms with Crippen molar-refractivity contribution in [3.63, 3.8) is 0 Å². The SMILES string of the molecule is CCNC(=O)c1cnc(N2CCN(CC(C)C)CC2)cn1. The van der Waals surface area contributed by atoms with Gasteiger partial charge in [0.1, 0.15) is 11.5 Å². The lowest BCUT2D eigenvalue weighted by molar-refractivity contribution is 0.0950. The average Bonchev–Trinajstić information content (AvgIpc) is 2.48. The molecule has 1 aliphatic heterocycles. The van der Waals surface area contributed by atoms with E-state index in [2.05, 4.69) is 38.9 Å². The molecule has 1 fully saturated rings. The maximum Gasteiger partial charge on any atom is 0.271 e. The van der Waals surface area contributed by atoms with Crippen molar-refractivity contribution in [2.45, 2.75) is 20.8 Å². The van der Waals surface area contributed by atoms with E-state index in [9.17, 15) is 4.79 Å². The molecule has 0 atom stereocenters. The van der Waals surface area contributed by atoms with E-state index in [0.29, 0.717) is 18.2 Å². The van der Waals surface area contributed by atoms with E-state index in [0.717, 1.165) is 38.5 Å². The Balaban J connectivity index is 1.90. The number of carbonyl (C=O) groups is 1. The van der Waals surface area contributed by atoms with E-state index in [1.54, 1.807) is 12.4 Å². The van der Waals surface area contributed by atoms with E-state index >= 15 is 0 Å². The van der Waals surface area contributed by atoms with Crippen LogP contribution < -0.4 is 10.2 Å². The lowest BCUT2D eigenvalue weighted by Gasteiger charge is -2.36. The molecule has 0 radical (unpaired) electrons. The zero-order valence-corrected chi connectivity index (χ0v) is 13.2. The third kappa shape index (κ3) is 4.39. The molecule has 1 aliphatic rings. The second-order valence-electron chi connectivity index (χ2n) is 5.80. The van der Waals surface area contributed by atoms with Gasteiger partial charge in [-0.2, -0.15) is 0 Å². The molecule has 0 unspecified atom stereocenters. The Morgan fingerprint density at radius 1 is 1.24 bits per heavy atom. The summed E-state index contributed by atoms with van der Waals surface area (Å²) in [5.41, 5.74) is 0.374. The second-order valence-corrected chi connectivity index (χ2v) is 5.80.